The fraction of sp³-hybridized carbons (Fsp3) is 0.683. The molecule has 77 heavy (non-hydrogen) atoms. The van der Waals surface area contributed by atoms with Gasteiger partial charge in [-0.25, -0.2) is 0 Å². The number of carbonyl (C=O) groups is 3. The number of hydrogen-bond acceptors (Lipinski definition) is 15. The number of nitrogens with one attached hydrogen (secondary N) is 3. The number of aromatic amines is 1. The molecule has 4 aliphatic carbocycles. The van der Waals surface area contributed by atoms with Gasteiger partial charge in [-0.15, -0.1) is 0 Å². The van der Waals surface area contributed by atoms with Gasteiger partial charge < -0.3 is 59.5 Å². The number of nitrogens with zero attached hydrogens (tertiary/aromatic N) is 3. The van der Waals surface area contributed by atoms with Crippen molar-refractivity contribution < 1.29 is 53.4 Å². The van der Waals surface area contributed by atoms with Crippen LogP contribution in [0.15, 0.2) is 48.6 Å². The number of ketones is 1. The van der Waals surface area contributed by atoms with E-state index in [1.807, 2.05) is 37.1 Å². The van der Waals surface area contributed by atoms with Gasteiger partial charge in [0.1, 0.15) is 23.9 Å². The van der Waals surface area contributed by atoms with Crippen LogP contribution in [-0.4, -0.2) is 191 Å². The van der Waals surface area contributed by atoms with E-state index in [0.29, 0.717) is 109 Å². The highest BCUT2D eigenvalue weighted by Crippen LogP contribution is 2.68. The highest BCUT2D eigenvalue weighted by atomic mass is 16.5. The molecule has 420 valence electrons. The van der Waals surface area contributed by atoms with Crippen LogP contribution >= 0.6 is 0 Å². The molecular weight excluding hydrogens is 981 g/mol. The second-order valence-electron chi connectivity index (χ2n) is 25.0. The predicted octanol–water partition coefficient (Wildman–Crippen LogP) is 4.15. The smallest absolute Gasteiger partial charge is 0.322 e. The van der Waals surface area contributed by atoms with Gasteiger partial charge in [0.2, 0.25) is 0 Å². The number of aliphatic hydroxyl groups is 3. The van der Waals surface area contributed by atoms with Crippen molar-refractivity contribution >= 4 is 34.3 Å². The normalized spacial score (nSPS) is 36.8. The maximum Gasteiger partial charge on any atom is 0.322 e. The van der Waals surface area contributed by atoms with Crippen molar-refractivity contribution in [3.8, 4) is 5.75 Å². The number of fused-ring (bicyclic) bond motifs is 9. The first kappa shape index (κ1) is 54.5. The minimum atomic E-state index is -2.27. The van der Waals surface area contributed by atoms with Crippen molar-refractivity contribution in [2.24, 2.45) is 22.2 Å². The van der Waals surface area contributed by atoms with Crippen LogP contribution in [0.25, 0.3) is 10.9 Å². The molecule has 6 N–H and O–H groups in total. The third-order valence-corrected chi connectivity index (χ3v) is 20.7. The molecule has 10 atom stereocenters. The Kier molecular flexibility index (Phi) is 14.6. The van der Waals surface area contributed by atoms with Crippen molar-refractivity contribution in [1.82, 2.24) is 25.4 Å². The summed E-state index contributed by atoms with van der Waals surface area (Å²) in [4.78, 5) is 54.4. The minimum absolute atomic E-state index is 0.00305. The lowest BCUT2D eigenvalue weighted by Gasteiger charge is -2.63. The Hall–Kier alpha value is -4.43. The molecule has 6 fully saturated rings. The van der Waals surface area contributed by atoms with Crippen molar-refractivity contribution in [1.29, 1.82) is 0 Å². The summed E-state index contributed by atoms with van der Waals surface area (Å²) < 4.78 is 28.4. The molecule has 1 amide bonds. The van der Waals surface area contributed by atoms with Crippen molar-refractivity contribution in [2.75, 3.05) is 119 Å². The summed E-state index contributed by atoms with van der Waals surface area (Å²) in [5.74, 6) is -0.624. The van der Waals surface area contributed by atoms with Crippen LogP contribution in [0.3, 0.4) is 0 Å². The number of amides is 1. The zero-order valence-corrected chi connectivity index (χ0v) is 46.3. The van der Waals surface area contributed by atoms with Crippen LogP contribution in [0.5, 0.6) is 5.75 Å². The SMILES string of the molecule is CC[C@]12C=CCN3CCC4(c5cc([C@@]6(C(=O)OC)CC7CN(CCc8c6[nH]c6ccccc86)C[C@@](C)(O)C7)c(OC)cc5N(C)C4[C@@](O)(C(=O)NCC45CCC(CNCC(=O)COCCOCCOC)(CC4)CC5)[C@@H]1O)C32. The Balaban J connectivity index is 0.921. The number of H-pyrrole nitrogens is 1. The second kappa shape index (κ2) is 20.6. The standard InChI is InChI=1S/C60H84N6O11/c1-7-57-14-10-22-66-24-21-58(49(57)66)43-29-44(59(53(70)75-6)32-39-31-54(2,71)38-65(34-39)23-13-42-41-11-8-9-12-45(41)63-48(42)59)47(74-5)30-46(43)64(3)50(58)60(72,51(57)68)52(69)62-37-56-18-15-55(16-19-56,17-20-56)36-61-33-40(67)35-77-28-27-76-26-25-73-4/h8-12,14,29-30,39,49-51,61,63,68,71-72H,7,13,15-28,31-38H2,1-6H3,(H,62,69)/t39?,49?,50?,51-,54+,55?,56?,57-,58?,59+,60+/m1/s1. The number of para-hydroxylation sites is 1. The third-order valence-electron chi connectivity index (χ3n) is 20.7. The van der Waals surface area contributed by atoms with E-state index in [1.54, 1.807) is 14.2 Å². The molecule has 4 bridgehead atoms. The number of hydrogen-bond donors (Lipinski definition) is 6. The Labute approximate surface area is 453 Å². The van der Waals surface area contributed by atoms with Crippen LogP contribution in [-0.2, 0) is 50.6 Å². The fourth-order valence-electron chi connectivity index (χ4n) is 17.3. The first-order valence-electron chi connectivity index (χ1n) is 28.6. The number of likely N-dealkylation sites (N-methyl/N-ethyl adjacent to an activating group) is 1. The number of Topliss-reactive ketones (excluding diaryl/α,β-unsaturated/α-hetero) is 1. The molecule has 2 aromatic carbocycles. The molecule has 3 aromatic rings. The lowest BCUT2D eigenvalue weighted by atomic mass is 9.47. The molecule has 5 aliphatic heterocycles. The van der Waals surface area contributed by atoms with Crippen molar-refractivity contribution in [2.45, 2.75) is 125 Å². The first-order valence-corrected chi connectivity index (χ1v) is 28.6. The quantitative estimate of drug-likeness (QED) is 0.0567. The molecule has 1 aromatic heterocycles. The van der Waals surface area contributed by atoms with E-state index in [9.17, 15) is 20.1 Å². The number of ether oxygens (including phenoxy) is 5. The van der Waals surface area contributed by atoms with E-state index in [4.69, 9.17) is 23.7 Å². The van der Waals surface area contributed by atoms with Crippen LogP contribution in [0, 0.1) is 22.2 Å². The molecule has 17 heteroatoms. The largest absolute Gasteiger partial charge is 0.496 e. The summed E-state index contributed by atoms with van der Waals surface area (Å²) in [5.41, 5.74) is -1.62. The third kappa shape index (κ3) is 8.70. The number of aliphatic hydroxyl groups excluding tert-OH is 1. The van der Waals surface area contributed by atoms with Crippen LogP contribution in [0.1, 0.15) is 100 Å². The molecule has 0 radical (unpaired) electrons. The number of esters is 1. The summed E-state index contributed by atoms with van der Waals surface area (Å²) in [6, 6.07) is 11.2. The number of anilines is 1. The van der Waals surface area contributed by atoms with Gasteiger partial charge in [-0.05, 0) is 124 Å². The Morgan fingerprint density at radius 2 is 1.60 bits per heavy atom. The Morgan fingerprint density at radius 1 is 0.870 bits per heavy atom. The Morgan fingerprint density at radius 3 is 2.32 bits per heavy atom. The number of piperidine rings is 1. The topological polar surface area (TPSA) is 208 Å². The molecule has 2 saturated heterocycles. The molecule has 5 unspecified atom stereocenters. The van der Waals surface area contributed by atoms with Gasteiger partial charge in [-0.3, -0.25) is 24.2 Å². The molecule has 17 nitrogen and oxygen atoms in total. The molecule has 9 aliphatic rings. The summed E-state index contributed by atoms with van der Waals surface area (Å²) >= 11 is 0. The van der Waals surface area contributed by atoms with Gasteiger partial charge in [0, 0.05) is 104 Å². The van der Waals surface area contributed by atoms with Gasteiger partial charge >= 0.3 is 5.97 Å². The molecule has 1 spiro atoms. The van der Waals surface area contributed by atoms with E-state index >= 15 is 9.59 Å². The van der Waals surface area contributed by atoms with Crippen LogP contribution in [0.4, 0.5) is 5.69 Å². The minimum Gasteiger partial charge on any atom is -0.496 e. The second-order valence-corrected chi connectivity index (χ2v) is 25.0. The van der Waals surface area contributed by atoms with E-state index in [1.165, 1.54) is 7.11 Å². The molecule has 4 saturated carbocycles. The lowest BCUT2D eigenvalue weighted by molar-refractivity contribution is -0.204. The highest BCUT2D eigenvalue weighted by molar-refractivity contribution is 5.95. The maximum atomic E-state index is 15.6. The zero-order chi connectivity index (χ0) is 54.2. The van der Waals surface area contributed by atoms with Crippen LogP contribution in [0.2, 0.25) is 0 Å². The highest BCUT2D eigenvalue weighted by Gasteiger charge is 2.79. The van der Waals surface area contributed by atoms with E-state index in [2.05, 4.69) is 62.7 Å². The van der Waals surface area contributed by atoms with Gasteiger partial charge in [0.25, 0.3) is 5.91 Å². The summed E-state index contributed by atoms with van der Waals surface area (Å²) in [6.45, 7) is 10.4. The monoisotopic (exact) mass is 1060 g/mol. The predicted molar refractivity (Wildman–Crippen MR) is 291 cm³/mol. The number of benzene rings is 2. The molecule has 6 heterocycles. The molecule has 12 rings (SSSR count). The molecular formula is C60H84N6O11. The van der Waals surface area contributed by atoms with Gasteiger partial charge in [0.15, 0.2) is 11.4 Å². The van der Waals surface area contributed by atoms with E-state index in [-0.39, 0.29) is 41.7 Å². The van der Waals surface area contributed by atoms with Crippen molar-refractivity contribution in [3.05, 3.63) is 70.9 Å². The van der Waals surface area contributed by atoms with Gasteiger partial charge in [-0.1, -0.05) is 37.3 Å². The summed E-state index contributed by atoms with van der Waals surface area (Å²) in [7, 11) is 6.64. The average Bonchev–Trinajstić information content (AvgIpc) is 3.83. The van der Waals surface area contributed by atoms with E-state index in [0.717, 1.165) is 78.5 Å². The number of carbonyl (C=O) groups excluding carboxylic acids is 3. The number of rotatable bonds is 19. The summed E-state index contributed by atoms with van der Waals surface area (Å²) in [5, 5.41) is 46.7. The van der Waals surface area contributed by atoms with Crippen molar-refractivity contribution in [3.63, 3.8) is 0 Å². The fourth-order valence-corrected chi connectivity index (χ4v) is 17.3. The summed E-state index contributed by atoms with van der Waals surface area (Å²) in [6.07, 6.45) is 10.9. The number of aromatic nitrogens is 1. The van der Waals surface area contributed by atoms with E-state index < -0.39 is 51.5 Å². The maximum absolute atomic E-state index is 15.6. The Bertz CT molecular complexity index is 2740. The average molecular weight is 1070 g/mol. The van der Waals surface area contributed by atoms with Crippen LogP contribution < -0.4 is 20.3 Å². The zero-order valence-electron chi connectivity index (χ0n) is 46.3. The number of methoxy groups -OCH3 is 3. The van der Waals surface area contributed by atoms with Gasteiger partial charge in [0.05, 0.1) is 58.8 Å². The first-order chi connectivity index (χ1) is 37.0. The van der Waals surface area contributed by atoms with Gasteiger partial charge in [-0.2, -0.15) is 0 Å². The lowest BCUT2D eigenvalue weighted by Crippen LogP contribution is -2.82.